The molecule has 1 aliphatic rings. The zero-order chi connectivity index (χ0) is 20.9. The number of hydrogen-bond acceptors (Lipinski definition) is 4. The second-order valence-corrected chi connectivity index (χ2v) is 8.41. The van der Waals surface area contributed by atoms with Crippen LogP contribution in [0.5, 0.6) is 5.75 Å². The highest BCUT2D eigenvalue weighted by Gasteiger charge is 2.24. The second-order valence-electron chi connectivity index (χ2n) is 7.14. The fraction of sp³-hybridized carbons (Fsp3) is 0.261. The molecule has 3 aromatic rings. The lowest BCUT2D eigenvalue weighted by molar-refractivity contribution is 0.0594. The average Bonchev–Trinajstić information content (AvgIpc) is 3.24. The number of furan rings is 1. The number of carbonyl (C=O) groups is 1. The summed E-state index contributed by atoms with van der Waals surface area (Å²) in [7, 11) is 0. The number of carbonyl (C=O) groups excluding carboxylic acids is 1. The van der Waals surface area contributed by atoms with Gasteiger partial charge in [-0.2, -0.15) is 0 Å². The number of para-hydroxylation sites is 1. The summed E-state index contributed by atoms with van der Waals surface area (Å²) in [6.07, 6.45) is 0. The van der Waals surface area contributed by atoms with Crippen LogP contribution in [-0.4, -0.2) is 41.9 Å². The van der Waals surface area contributed by atoms with Crippen LogP contribution in [0.2, 0.25) is 5.02 Å². The van der Waals surface area contributed by atoms with E-state index < -0.39 is 0 Å². The Morgan fingerprint density at radius 2 is 1.73 bits per heavy atom. The normalized spacial score (nSPS) is 14.7. The number of amides is 1. The Morgan fingerprint density at radius 3 is 2.50 bits per heavy atom. The fourth-order valence-corrected chi connectivity index (χ4v) is 4.01. The summed E-state index contributed by atoms with van der Waals surface area (Å²) in [5, 5.41) is 0.542. The van der Waals surface area contributed by atoms with E-state index in [2.05, 4.69) is 33.0 Å². The molecule has 1 fully saturated rings. The lowest BCUT2D eigenvalue weighted by Gasteiger charge is -2.34. The Bertz CT molecular complexity index is 1010. The summed E-state index contributed by atoms with van der Waals surface area (Å²) in [6, 6.07) is 19.0. The van der Waals surface area contributed by atoms with Gasteiger partial charge in [-0.1, -0.05) is 57.9 Å². The van der Waals surface area contributed by atoms with Crippen molar-refractivity contribution in [3.05, 3.63) is 87.2 Å². The molecule has 0 radical (unpaired) electrons. The maximum Gasteiger partial charge on any atom is 0.289 e. The first kappa shape index (κ1) is 21.0. The molecule has 0 atom stereocenters. The molecule has 0 unspecified atom stereocenters. The molecule has 0 bridgehead atoms. The minimum Gasteiger partial charge on any atom is -0.484 e. The molecule has 5 nitrogen and oxygen atoms in total. The highest BCUT2D eigenvalue weighted by atomic mass is 79.9. The molecule has 0 N–H and O–H groups in total. The Morgan fingerprint density at radius 1 is 1.00 bits per heavy atom. The van der Waals surface area contributed by atoms with Crippen LogP contribution in [0.1, 0.15) is 21.9 Å². The highest BCUT2D eigenvalue weighted by Crippen LogP contribution is 2.25. The number of piperazine rings is 1. The predicted molar refractivity (Wildman–Crippen MR) is 120 cm³/mol. The van der Waals surface area contributed by atoms with Crippen LogP contribution in [0.3, 0.4) is 0 Å². The second kappa shape index (κ2) is 9.69. The van der Waals surface area contributed by atoms with Crippen molar-refractivity contribution in [2.45, 2.75) is 13.2 Å². The molecule has 0 spiro atoms. The first-order valence-corrected chi connectivity index (χ1v) is 11.0. The summed E-state index contributed by atoms with van der Waals surface area (Å²) in [5.41, 5.74) is 1.26. The summed E-state index contributed by atoms with van der Waals surface area (Å²) in [4.78, 5) is 17.0. The first-order valence-electron chi connectivity index (χ1n) is 9.81. The largest absolute Gasteiger partial charge is 0.484 e. The van der Waals surface area contributed by atoms with Crippen molar-refractivity contribution in [3.63, 3.8) is 0 Å². The number of halogens is 2. The molecule has 156 valence electrons. The van der Waals surface area contributed by atoms with Gasteiger partial charge < -0.3 is 14.1 Å². The van der Waals surface area contributed by atoms with Gasteiger partial charge in [0.05, 0.1) is 5.02 Å². The van der Waals surface area contributed by atoms with Gasteiger partial charge >= 0.3 is 0 Å². The smallest absolute Gasteiger partial charge is 0.289 e. The highest BCUT2D eigenvalue weighted by molar-refractivity contribution is 9.10. The summed E-state index contributed by atoms with van der Waals surface area (Å²) >= 11 is 9.70. The molecule has 1 aromatic heterocycles. The van der Waals surface area contributed by atoms with Crippen molar-refractivity contribution >= 4 is 33.4 Å². The number of hydrogen-bond donors (Lipinski definition) is 0. The predicted octanol–water partition coefficient (Wildman–Crippen LogP) is 5.23. The van der Waals surface area contributed by atoms with Crippen molar-refractivity contribution in [1.29, 1.82) is 0 Å². The van der Waals surface area contributed by atoms with E-state index in [4.69, 9.17) is 20.8 Å². The van der Waals surface area contributed by atoms with E-state index in [1.807, 2.05) is 29.2 Å². The summed E-state index contributed by atoms with van der Waals surface area (Å²) in [5.74, 6) is 1.43. The molecule has 0 aliphatic carbocycles. The van der Waals surface area contributed by atoms with Crippen molar-refractivity contribution in [1.82, 2.24) is 9.80 Å². The Kier molecular flexibility index (Phi) is 6.77. The van der Waals surface area contributed by atoms with Gasteiger partial charge in [0, 0.05) is 37.2 Å². The van der Waals surface area contributed by atoms with Crippen LogP contribution in [0, 0.1) is 0 Å². The lowest BCUT2D eigenvalue weighted by Crippen LogP contribution is -2.48. The number of rotatable bonds is 6. The average molecular weight is 490 g/mol. The van der Waals surface area contributed by atoms with Crippen LogP contribution >= 0.6 is 27.5 Å². The van der Waals surface area contributed by atoms with Crippen LogP contribution in [0.15, 0.2) is 69.6 Å². The number of ether oxygens (including phenoxy) is 1. The molecular formula is C23H22BrClN2O3. The summed E-state index contributed by atoms with van der Waals surface area (Å²) < 4.78 is 12.5. The molecule has 1 saturated heterocycles. The van der Waals surface area contributed by atoms with E-state index in [1.165, 1.54) is 5.56 Å². The van der Waals surface area contributed by atoms with Crippen LogP contribution in [-0.2, 0) is 13.2 Å². The Hall–Kier alpha value is -2.28. The van der Waals surface area contributed by atoms with E-state index in [9.17, 15) is 4.79 Å². The van der Waals surface area contributed by atoms with Gasteiger partial charge in [0.15, 0.2) is 5.76 Å². The van der Waals surface area contributed by atoms with Crippen molar-refractivity contribution < 1.29 is 13.9 Å². The lowest BCUT2D eigenvalue weighted by atomic mass is 10.2. The van der Waals surface area contributed by atoms with E-state index >= 15 is 0 Å². The van der Waals surface area contributed by atoms with Crippen molar-refractivity contribution in [2.24, 2.45) is 0 Å². The molecular weight excluding hydrogens is 468 g/mol. The van der Waals surface area contributed by atoms with Gasteiger partial charge in [-0.15, -0.1) is 0 Å². The van der Waals surface area contributed by atoms with Gasteiger partial charge in [-0.25, -0.2) is 0 Å². The summed E-state index contributed by atoms with van der Waals surface area (Å²) in [6.45, 7) is 4.10. The Labute approximate surface area is 189 Å². The van der Waals surface area contributed by atoms with E-state index in [0.717, 1.165) is 24.1 Å². The standard InChI is InChI=1S/C23H22BrClN2O3/c24-19-6-2-1-5-17(19)15-26-11-13-27(14-12-26)23(28)22-10-9-18(30-22)16-29-21-8-4-3-7-20(21)25/h1-10H,11-16H2. The third-order valence-corrected chi connectivity index (χ3v) is 6.18. The van der Waals surface area contributed by atoms with E-state index in [0.29, 0.717) is 35.4 Å². The molecule has 30 heavy (non-hydrogen) atoms. The minimum atomic E-state index is -0.0838. The Balaban J connectivity index is 1.29. The molecule has 2 aromatic carbocycles. The van der Waals surface area contributed by atoms with Crippen LogP contribution in [0.4, 0.5) is 0 Å². The van der Waals surface area contributed by atoms with E-state index in [1.54, 1.807) is 24.3 Å². The molecule has 0 saturated carbocycles. The molecule has 1 aliphatic heterocycles. The van der Waals surface area contributed by atoms with Gasteiger partial charge in [0.25, 0.3) is 5.91 Å². The first-order chi connectivity index (χ1) is 14.6. The van der Waals surface area contributed by atoms with Gasteiger partial charge in [-0.05, 0) is 35.9 Å². The minimum absolute atomic E-state index is 0.0838. The monoisotopic (exact) mass is 488 g/mol. The van der Waals surface area contributed by atoms with E-state index in [-0.39, 0.29) is 12.5 Å². The SMILES string of the molecule is O=C(c1ccc(COc2ccccc2Cl)o1)N1CCN(Cc2ccccc2Br)CC1. The maximum absolute atomic E-state index is 12.8. The fourth-order valence-electron chi connectivity index (χ4n) is 3.41. The maximum atomic E-state index is 12.8. The zero-order valence-corrected chi connectivity index (χ0v) is 18.7. The van der Waals surface area contributed by atoms with Crippen molar-refractivity contribution in [2.75, 3.05) is 26.2 Å². The van der Waals surface area contributed by atoms with Gasteiger partial charge in [-0.3, -0.25) is 9.69 Å². The van der Waals surface area contributed by atoms with Crippen LogP contribution < -0.4 is 4.74 Å². The van der Waals surface area contributed by atoms with Gasteiger partial charge in [0.2, 0.25) is 0 Å². The molecule has 1 amide bonds. The third-order valence-electron chi connectivity index (χ3n) is 5.09. The zero-order valence-electron chi connectivity index (χ0n) is 16.4. The number of benzene rings is 2. The number of nitrogens with zero attached hydrogens (tertiary/aromatic N) is 2. The molecule has 4 rings (SSSR count). The molecule has 2 heterocycles. The third kappa shape index (κ3) is 5.06. The quantitative estimate of drug-likeness (QED) is 0.475. The van der Waals surface area contributed by atoms with Gasteiger partial charge in [0.1, 0.15) is 18.1 Å². The molecule has 7 heteroatoms. The van der Waals surface area contributed by atoms with Crippen molar-refractivity contribution in [3.8, 4) is 5.75 Å². The van der Waals surface area contributed by atoms with Crippen LogP contribution in [0.25, 0.3) is 0 Å². The topological polar surface area (TPSA) is 45.9 Å².